The molecule has 9 atom stereocenters. The van der Waals surface area contributed by atoms with E-state index in [4.69, 9.17) is 18.9 Å². The number of hydrogen-bond acceptors (Lipinski definition) is 10. The van der Waals surface area contributed by atoms with E-state index < -0.39 is 55.3 Å². The Labute approximate surface area is 167 Å². The molecule has 0 radical (unpaired) electrons. The minimum atomic E-state index is -1.57. The number of aliphatic hydroxyl groups is 6. The Morgan fingerprint density at radius 3 is 2.21 bits per heavy atom. The highest BCUT2D eigenvalue weighted by atomic mass is 16.7. The lowest BCUT2D eigenvalue weighted by atomic mass is 9.99. The summed E-state index contributed by atoms with van der Waals surface area (Å²) in [6, 6.07) is 6.75. The third kappa shape index (κ3) is 4.94. The van der Waals surface area contributed by atoms with Crippen LogP contribution in [0, 0.1) is 0 Å². The summed E-state index contributed by atoms with van der Waals surface area (Å²) in [6.45, 7) is 3.06. The molecule has 2 aliphatic rings. The van der Waals surface area contributed by atoms with E-state index in [1.807, 2.05) is 0 Å². The van der Waals surface area contributed by atoms with Crippen molar-refractivity contribution < 1.29 is 49.6 Å². The maximum absolute atomic E-state index is 10.2. The highest BCUT2D eigenvalue weighted by Gasteiger charge is 2.46. The molecule has 162 valence electrons. The second-order valence-electron chi connectivity index (χ2n) is 6.99. The van der Waals surface area contributed by atoms with Crippen molar-refractivity contribution in [2.24, 2.45) is 0 Å². The molecule has 0 aromatic heterocycles. The second-order valence-corrected chi connectivity index (χ2v) is 6.99. The van der Waals surface area contributed by atoms with Crippen LogP contribution in [0.1, 0.15) is 5.56 Å². The summed E-state index contributed by atoms with van der Waals surface area (Å²) < 4.78 is 21.6. The minimum absolute atomic E-state index is 0.245. The molecule has 2 saturated heterocycles. The number of aliphatic hydroxyl groups excluding tert-OH is 6. The zero-order valence-corrected chi connectivity index (χ0v) is 15.5. The molecular weight excluding hydrogens is 388 g/mol. The fourth-order valence-corrected chi connectivity index (χ4v) is 3.08. The Morgan fingerprint density at radius 1 is 0.897 bits per heavy atom. The summed E-state index contributed by atoms with van der Waals surface area (Å²) >= 11 is 0. The van der Waals surface area contributed by atoms with Crippen LogP contribution in [0.5, 0.6) is 5.75 Å². The predicted molar refractivity (Wildman–Crippen MR) is 97.6 cm³/mol. The van der Waals surface area contributed by atoms with Crippen molar-refractivity contribution >= 4 is 6.08 Å². The van der Waals surface area contributed by atoms with Gasteiger partial charge in [0.25, 0.3) is 0 Å². The first-order valence-corrected chi connectivity index (χ1v) is 9.18. The van der Waals surface area contributed by atoms with Gasteiger partial charge in [-0.05, 0) is 17.7 Å². The first-order chi connectivity index (χ1) is 13.8. The molecule has 29 heavy (non-hydrogen) atoms. The molecule has 6 N–H and O–H groups in total. The molecule has 0 bridgehead atoms. The molecule has 9 unspecified atom stereocenters. The van der Waals surface area contributed by atoms with E-state index in [9.17, 15) is 30.6 Å². The molecule has 10 nitrogen and oxygen atoms in total. The smallest absolute Gasteiger partial charge is 0.229 e. The number of benzene rings is 1. The van der Waals surface area contributed by atoms with Gasteiger partial charge in [-0.3, -0.25) is 0 Å². The molecular formula is C19H26O10. The van der Waals surface area contributed by atoms with Gasteiger partial charge in [0.2, 0.25) is 6.29 Å². The summed E-state index contributed by atoms with van der Waals surface area (Å²) in [7, 11) is 0. The molecule has 3 rings (SSSR count). The zero-order valence-electron chi connectivity index (χ0n) is 15.5. The van der Waals surface area contributed by atoms with Gasteiger partial charge < -0.3 is 49.6 Å². The average Bonchev–Trinajstić information content (AvgIpc) is 2.73. The molecule has 2 aliphatic heterocycles. The van der Waals surface area contributed by atoms with Crippen LogP contribution in [-0.2, 0) is 14.2 Å². The van der Waals surface area contributed by atoms with Gasteiger partial charge in [-0.2, -0.15) is 0 Å². The van der Waals surface area contributed by atoms with Crippen molar-refractivity contribution in [3.63, 3.8) is 0 Å². The Hall–Kier alpha value is -1.60. The van der Waals surface area contributed by atoms with E-state index in [1.165, 1.54) is 0 Å². The maximum Gasteiger partial charge on any atom is 0.229 e. The van der Waals surface area contributed by atoms with E-state index in [1.54, 1.807) is 30.3 Å². The van der Waals surface area contributed by atoms with Crippen LogP contribution < -0.4 is 4.74 Å². The molecule has 2 heterocycles. The topological polar surface area (TPSA) is 158 Å². The van der Waals surface area contributed by atoms with Crippen LogP contribution in [0.4, 0.5) is 0 Å². The first kappa shape index (κ1) is 22.1. The molecule has 0 aliphatic carbocycles. The Bertz CT molecular complexity index is 667. The van der Waals surface area contributed by atoms with E-state index in [2.05, 4.69) is 6.58 Å². The Morgan fingerprint density at radius 2 is 1.55 bits per heavy atom. The van der Waals surface area contributed by atoms with E-state index in [0.29, 0.717) is 5.75 Å². The van der Waals surface area contributed by atoms with Gasteiger partial charge in [-0.15, -0.1) is 0 Å². The summed E-state index contributed by atoms with van der Waals surface area (Å²) in [6.07, 6.45) is -10.8. The minimum Gasteiger partial charge on any atom is -0.462 e. The fraction of sp³-hybridized carbons (Fsp3) is 0.579. The van der Waals surface area contributed by atoms with E-state index in [0.717, 1.165) is 5.56 Å². The molecule has 10 heteroatoms. The summed E-state index contributed by atoms with van der Waals surface area (Å²) in [5, 5.41) is 59.5. The van der Waals surface area contributed by atoms with Crippen LogP contribution >= 0.6 is 0 Å². The monoisotopic (exact) mass is 414 g/mol. The van der Waals surface area contributed by atoms with Crippen molar-refractivity contribution in [3.8, 4) is 5.75 Å². The normalized spacial score (nSPS) is 40.4. The summed E-state index contributed by atoms with van der Waals surface area (Å²) in [5.41, 5.74) is 0.863. The average molecular weight is 414 g/mol. The SMILES string of the molecule is C=Cc1ccc(OC2OC(COC3OCC(O)C(O)C3O)C(O)C(O)C2O)cc1. The summed E-state index contributed by atoms with van der Waals surface area (Å²) in [5.74, 6) is 0.367. The van der Waals surface area contributed by atoms with Gasteiger partial charge in [0.1, 0.15) is 48.5 Å². The molecule has 1 aromatic rings. The number of hydrogen-bond donors (Lipinski definition) is 6. The largest absolute Gasteiger partial charge is 0.462 e. The predicted octanol–water partition coefficient (Wildman–Crippen LogP) is -2.03. The fourth-order valence-electron chi connectivity index (χ4n) is 3.08. The van der Waals surface area contributed by atoms with Crippen LogP contribution in [0.3, 0.4) is 0 Å². The summed E-state index contributed by atoms with van der Waals surface area (Å²) in [4.78, 5) is 0. The van der Waals surface area contributed by atoms with Gasteiger partial charge in [0.15, 0.2) is 6.29 Å². The van der Waals surface area contributed by atoms with Gasteiger partial charge >= 0.3 is 0 Å². The van der Waals surface area contributed by atoms with Crippen molar-refractivity contribution in [2.45, 2.75) is 55.3 Å². The molecule has 0 spiro atoms. The molecule has 0 saturated carbocycles. The zero-order chi connectivity index (χ0) is 21.1. The van der Waals surface area contributed by atoms with Crippen molar-refractivity contribution in [1.29, 1.82) is 0 Å². The number of ether oxygens (including phenoxy) is 4. The van der Waals surface area contributed by atoms with Gasteiger partial charge in [0.05, 0.1) is 13.2 Å². The molecule has 0 amide bonds. The first-order valence-electron chi connectivity index (χ1n) is 9.18. The second kappa shape index (κ2) is 9.47. The van der Waals surface area contributed by atoms with Crippen LogP contribution in [0.2, 0.25) is 0 Å². The van der Waals surface area contributed by atoms with Crippen molar-refractivity contribution in [3.05, 3.63) is 36.4 Å². The quantitative estimate of drug-likeness (QED) is 0.307. The van der Waals surface area contributed by atoms with Crippen molar-refractivity contribution in [2.75, 3.05) is 13.2 Å². The van der Waals surface area contributed by atoms with E-state index in [-0.39, 0.29) is 13.2 Å². The maximum atomic E-state index is 10.2. The van der Waals surface area contributed by atoms with Crippen LogP contribution in [0.25, 0.3) is 6.08 Å². The highest BCUT2D eigenvalue weighted by Crippen LogP contribution is 2.26. The Balaban J connectivity index is 1.61. The van der Waals surface area contributed by atoms with Gasteiger partial charge in [-0.25, -0.2) is 0 Å². The molecule has 2 fully saturated rings. The Kier molecular flexibility index (Phi) is 7.22. The standard InChI is InChI=1S/C19H26O10/c1-2-9-3-5-10(6-4-9)28-19-17(25)15(23)14(22)12(29-19)8-27-18-16(24)13(21)11(20)7-26-18/h2-6,11-25H,1,7-8H2. The third-order valence-electron chi connectivity index (χ3n) is 4.92. The molecule has 1 aromatic carbocycles. The van der Waals surface area contributed by atoms with Gasteiger partial charge in [-0.1, -0.05) is 24.8 Å². The van der Waals surface area contributed by atoms with E-state index >= 15 is 0 Å². The van der Waals surface area contributed by atoms with Crippen LogP contribution in [-0.4, -0.2) is 99.2 Å². The van der Waals surface area contributed by atoms with Crippen LogP contribution in [0.15, 0.2) is 30.8 Å². The lowest BCUT2D eigenvalue weighted by Crippen LogP contribution is -2.61. The lowest BCUT2D eigenvalue weighted by molar-refractivity contribution is -0.307. The van der Waals surface area contributed by atoms with Gasteiger partial charge in [0, 0.05) is 0 Å². The lowest BCUT2D eigenvalue weighted by Gasteiger charge is -2.41. The number of rotatable bonds is 6. The third-order valence-corrected chi connectivity index (χ3v) is 4.92. The van der Waals surface area contributed by atoms with Crippen molar-refractivity contribution in [1.82, 2.24) is 0 Å². The highest BCUT2D eigenvalue weighted by molar-refractivity contribution is 5.48.